The molecule has 0 unspecified atom stereocenters. The van der Waals surface area contributed by atoms with E-state index in [1.807, 2.05) is 0 Å². The minimum atomic E-state index is -1.68. The number of aromatic hydroxyl groups is 1. The molecule has 4 nitrogen and oxygen atoms in total. The van der Waals surface area contributed by atoms with Gasteiger partial charge in [0.1, 0.15) is 0 Å². The van der Waals surface area contributed by atoms with Gasteiger partial charge < -0.3 is 9.63 Å². The van der Waals surface area contributed by atoms with Crippen LogP contribution in [0, 0.1) is 17.5 Å². The summed E-state index contributed by atoms with van der Waals surface area (Å²) >= 11 is 5.39. The number of aromatic nitrogens is 2. The molecule has 0 atom stereocenters. The van der Waals surface area contributed by atoms with E-state index in [-0.39, 0.29) is 11.7 Å². The number of hydrogen-bond donors (Lipinski definition) is 1. The first-order valence-corrected chi connectivity index (χ1v) is 4.83. The summed E-state index contributed by atoms with van der Waals surface area (Å²) in [5.74, 6) is -6.34. The van der Waals surface area contributed by atoms with Crippen molar-refractivity contribution in [3.05, 3.63) is 29.3 Å². The SMILES string of the molecule is Oc1c(F)c(F)cc(-c2nc(CCl)no2)c1F. The van der Waals surface area contributed by atoms with Crippen LogP contribution < -0.4 is 0 Å². The molecular weight excluding hydrogens is 261 g/mol. The molecule has 0 saturated carbocycles. The van der Waals surface area contributed by atoms with Crippen molar-refractivity contribution in [2.45, 2.75) is 5.88 Å². The van der Waals surface area contributed by atoms with E-state index in [1.54, 1.807) is 0 Å². The van der Waals surface area contributed by atoms with Gasteiger partial charge in [-0.25, -0.2) is 8.78 Å². The van der Waals surface area contributed by atoms with E-state index in [0.29, 0.717) is 6.07 Å². The van der Waals surface area contributed by atoms with Gasteiger partial charge in [0.15, 0.2) is 23.2 Å². The van der Waals surface area contributed by atoms with Crippen LogP contribution in [0.25, 0.3) is 11.5 Å². The van der Waals surface area contributed by atoms with Crippen molar-refractivity contribution in [1.82, 2.24) is 10.1 Å². The Kier molecular flexibility index (Phi) is 2.93. The Balaban J connectivity index is 2.59. The minimum Gasteiger partial charge on any atom is -0.503 e. The Morgan fingerprint density at radius 3 is 2.59 bits per heavy atom. The molecule has 0 amide bonds. The van der Waals surface area contributed by atoms with Crippen LogP contribution in [-0.2, 0) is 5.88 Å². The van der Waals surface area contributed by atoms with Gasteiger partial charge in [0, 0.05) is 0 Å². The van der Waals surface area contributed by atoms with Gasteiger partial charge in [-0.05, 0) is 6.07 Å². The molecule has 0 radical (unpaired) electrons. The summed E-state index contributed by atoms with van der Waals surface area (Å²) in [4.78, 5) is 3.62. The Morgan fingerprint density at radius 1 is 1.29 bits per heavy atom. The van der Waals surface area contributed by atoms with Crippen molar-refractivity contribution >= 4 is 11.6 Å². The summed E-state index contributed by atoms with van der Waals surface area (Å²) in [7, 11) is 0. The monoisotopic (exact) mass is 264 g/mol. The van der Waals surface area contributed by atoms with Gasteiger partial charge in [0.2, 0.25) is 5.82 Å². The molecule has 0 bridgehead atoms. The highest BCUT2D eigenvalue weighted by molar-refractivity contribution is 6.16. The summed E-state index contributed by atoms with van der Waals surface area (Å²) in [6.07, 6.45) is 0. The van der Waals surface area contributed by atoms with Crippen LogP contribution in [0.15, 0.2) is 10.6 Å². The number of halogens is 4. The van der Waals surface area contributed by atoms with E-state index < -0.39 is 34.7 Å². The molecule has 90 valence electrons. The van der Waals surface area contributed by atoms with E-state index in [1.165, 1.54) is 0 Å². The lowest BCUT2D eigenvalue weighted by molar-refractivity contribution is 0.373. The molecular formula is C9H4ClF3N2O2. The Bertz CT molecular complexity index is 574. The Hall–Kier alpha value is -1.76. The van der Waals surface area contributed by atoms with Gasteiger partial charge in [-0.3, -0.25) is 0 Å². The second kappa shape index (κ2) is 4.25. The van der Waals surface area contributed by atoms with Gasteiger partial charge >= 0.3 is 0 Å². The predicted molar refractivity (Wildman–Crippen MR) is 50.8 cm³/mol. The Labute approximate surface area is 97.6 Å². The zero-order chi connectivity index (χ0) is 12.6. The number of rotatable bonds is 2. The molecule has 0 aliphatic heterocycles. The van der Waals surface area contributed by atoms with E-state index in [0.717, 1.165) is 0 Å². The summed E-state index contributed by atoms with van der Waals surface area (Å²) in [5, 5.41) is 12.3. The average Bonchev–Trinajstić information content (AvgIpc) is 2.79. The molecule has 1 aromatic heterocycles. The highest BCUT2D eigenvalue weighted by Gasteiger charge is 2.22. The zero-order valence-corrected chi connectivity index (χ0v) is 8.80. The number of hydrogen-bond acceptors (Lipinski definition) is 4. The Morgan fingerprint density at radius 2 is 2.00 bits per heavy atom. The molecule has 0 saturated heterocycles. The van der Waals surface area contributed by atoms with Crippen LogP contribution >= 0.6 is 11.6 Å². The molecule has 0 fully saturated rings. The van der Waals surface area contributed by atoms with Gasteiger partial charge in [-0.2, -0.15) is 9.37 Å². The summed E-state index contributed by atoms with van der Waals surface area (Å²) < 4.78 is 43.8. The number of phenolic OH excluding ortho intramolecular Hbond substituents is 1. The van der Waals surface area contributed by atoms with Crippen LogP contribution in [-0.4, -0.2) is 15.2 Å². The fourth-order valence-electron chi connectivity index (χ4n) is 1.16. The number of phenols is 1. The molecule has 2 aromatic rings. The van der Waals surface area contributed by atoms with Crippen molar-refractivity contribution < 1.29 is 22.8 Å². The lowest BCUT2D eigenvalue weighted by atomic mass is 10.2. The standard InChI is InChI=1S/C9H4ClF3N2O2/c10-2-5-14-9(17-15-5)3-1-4(11)7(13)8(16)6(3)12/h1,16H,2H2. The molecule has 1 aromatic carbocycles. The lowest BCUT2D eigenvalue weighted by Gasteiger charge is -2.02. The molecule has 17 heavy (non-hydrogen) atoms. The van der Waals surface area contributed by atoms with Crippen LogP contribution in [0.5, 0.6) is 5.75 Å². The first-order valence-electron chi connectivity index (χ1n) is 4.30. The zero-order valence-electron chi connectivity index (χ0n) is 8.05. The van der Waals surface area contributed by atoms with Crippen molar-refractivity contribution in [2.24, 2.45) is 0 Å². The molecule has 2 rings (SSSR count). The second-order valence-corrected chi connectivity index (χ2v) is 3.30. The fourth-order valence-corrected chi connectivity index (χ4v) is 1.27. The third kappa shape index (κ3) is 1.93. The van der Waals surface area contributed by atoms with Gasteiger partial charge in [-0.1, -0.05) is 5.16 Å². The lowest BCUT2D eigenvalue weighted by Crippen LogP contribution is -1.93. The summed E-state index contributed by atoms with van der Waals surface area (Å²) in [6, 6.07) is 0.510. The minimum absolute atomic E-state index is 0.0605. The summed E-state index contributed by atoms with van der Waals surface area (Å²) in [6.45, 7) is 0. The van der Waals surface area contributed by atoms with Gasteiger partial charge in [0.05, 0.1) is 11.4 Å². The summed E-state index contributed by atoms with van der Waals surface area (Å²) in [5.41, 5.74) is -0.537. The van der Waals surface area contributed by atoms with E-state index >= 15 is 0 Å². The third-order valence-electron chi connectivity index (χ3n) is 1.95. The first kappa shape index (κ1) is 11.7. The van der Waals surface area contributed by atoms with Gasteiger partial charge in [0.25, 0.3) is 5.89 Å². The van der Waals surface area contributed by atoms with Crippen molar-refractivity contribution in [2.75, 3.05) is 0 Å². The van der Waals surface area contributed by atoms with E-state index in [2.05, 4.69) is 14.7 Å². The molecule has 0 aliphatic rings. The highest BCUT2D eigenvalue weighted by atomic mass is 35.5. The first-order chi connectivity index (χ1) is 8.04. The molecule has 1 N–H and O–H groups in total. The molecule has 8 heteroatoms. The van der Waals surface area contributed by atoms with Crippen molar-refractivity contribution in [3.63, 3.8) is 0 Å². The molecule has 1 heterocycles. The average molecular weight is 265 g/mol. The third-order valence-corrected chi connectivity index (χ3v) is 2.19. The van der Waals surface area contributed by atoms with Crippen molar-refractivity contribution in [3.8, 4) is 17.2 Å². The number of alkyl halides is 1. The topological polar surface area (TPSA) is 59.2 Å². The predicted octanol–water partition coefficient (Wildman–Crippen LogP) is 2.60. The molecule has 0 aliphatic carbocycles. The maximum atomic E-state index is 13.4. The number of benzene rings is 1. The highest BCUT2D eigenvalue weighted by Crippen LogP contribution is 2.31. The normalized spacial score (nSPS) is 10.8. The largest absolute Gasteiger partial charge is 0.503 e. The van der Waals surface area contributed by atoms with Crippen LogP contribution in [0.4, 0.5) is 13.2 Å². The quantitative estimate of drug-likeness (QED) is 0.669. The number of nitrogens with zero attached hydrogens (tertiary/aromatic N) is 2. The maximum absolute atomic E-state index is 13.4. The maximum Gasteiger partial charge on any atom is 0.261 e. The van der Waals surface area contributed by atoms with Crippen LogP contribution in [0.3, 0.4) is 0 Å². The van der Waals surface area contributed by atoms with E-state index in [9.17, 15) is 13.2 Å². The molecule has 0 spiro atoms. The van der Waals surface area contributed by atoms with Crippen LogP contribution in [0.1, 0.15) is 5.82 Å². The fraction of sp³-hybridized carbons (Fsp3) is 0.111. The van der Waals surface area contributed by atoms with Crippen LogP contribution in [0.2, 0.25) is 0 Å². The second-order valence-electron chi connectivity index (χ2n) is 3.03. The van der Waals surface area contributed by atoms with Gasteiger partial charge in [-0.15, -0.1) is 11.6 Å². The van der Waals surface area contributed by atoms with E-state index in [4.69, 9.17) is 16.7 Å². The van der Waals surface area contributed by atoms with Crippen molar-refractivity contribution in [1.29, 1.82) is 0 Å². The smallest absolute Gasteiger partial charge is 0.261 e.